The van der Waals surface area contributed by atoms with Gasteiger partial charge in [-0.05, 0) is 36.6 Å². The minimum atomic E-state index is 0.587. The van der Waals surface area contributed by atoms with Crippen LogP contribution >= 0.6 is 0 Å². The molecule has 0 saturated carbocycles. The van der Waals surface area contributed by atoms with E-state index in [0.717, 1.165) is 56.4 Å². The predicted molar refractivity (Wildman–Crippen MR) is 111 cm³/mol. The van der Waals surface area contributed by atoms with Gasteiger partial charge in [0.2, 0.25) is 0 Å². The summed E-state index contributed by atoms with van der Waals surface area (Å²) >= 11 is 0. The van der Waals surface area contributed by atoms with Crippen LogP contribution in [0.5, 0.6) is 5.75 Å². The zero-order chi connectivity index (χ0) is 18.9. The third-order valence-electron chi connectivity index (χ3n) is 4.89. The summed E-state index contributed by atoms with van der Waals surface area (Å²) < 4.78 is 5.50. The van der Waals surface area contributed by atoms with E-state index in [1.807, 2.05) is 43.6 Å². The summed E-state index contributed by atoms with van der Waals surface area (Å²) in [6, 6.07) is 14.2. The summed E-state index contributed by atoms with van der Waals surface area (Å²) in [7, 11) is 3.54. The zero-order valence-corrected chi connectivity index (χ0v) is 16.2. The molecule has 1 aromatic heterocycles. The topological polar surface area (TPSA) is 61.8 Å². The molecule has 1 aliphatic rings. The maximum atomic E-state index is 5.50. The number of nitrogens with one attached hydrogen (secondary N) is 2. The molecule has 1 saturated heterocycles. The van der Waals surface area contributed by atoms with E-state index < -0.39 is 0 Å². The Balaban J connectivity index is 1.43. The van der Waals surface area contributed by atoms with E-state index in [1.54, 1.807) is 7.11 Å². The molecule has 2 N–H and O–H groups in total. The summed E-state index contributed by atoms with van der Waals surface area (Å²) in [4.78, 5) is 11.1. The fourth-order valence-electron chi connectivity index (χ4n) is 3.43. The van der Waals surface area contributed by atoms with Gasteiger partial charge in [0.15, 0.2) is 5.96 Å². The predicted octanol–water partition coefficient (Wildman–Crippen LogP) is 2.32. The summed E-state index contributed by atoms with van der Waals surface area (Å²) in [6.45, 7) is 3.81. The van der Waals surface area contributed by atoms with Crippen molar-refractivity contribution in [2.75, 3.05) is 45.2 Å². The lowest BCUT2D eigenvalue weighted by molar-refractivity contribution is 0.414. The Hall–Kier alpha value is -2.76. The van der Waals surface area contributed by atoms with Crippen LogP contribution in [0.4, 0.5) is 5.69 Å². The Morgan fingerprint density at radius 1 is 1.22 bits per heavy atom. The largest absolute Gasteiger partial charge is 0.495 e. The van der Waals surface area contributed by atoms with Crippen LogP contribution in [0.3, 0.4) is 0 Å². The summed E-state index contributed by atoms with van der Waals surface area (Å²) in [5, 5.41) is 6.83. The molecule has 6 nitrogen and oxygen atoms in total. The number of hydrogen-bond donors (Lipinski definition) is 2. The van der Waals surface area contributed by atoms with E-state index in [2.05, 4.69) is 37.6 Å². The number of hydrogen-bond acceptors (Lipinski definition) is 4. The van der Waals surface area contributed by atoms with Gasteiger partial charge >= 0.3 is 0 Å². The van der Waals surface area contributed by atoms with E-state index in [0.29, 0.717) is 5.92 Å². The first kappa shape index (κ1) is 19.0. The summed E-state index contributed by atoms with van der Waals surface area (Å²) in [5.74, 6) is 2.38. The molecule has 3 rings (SSSR count). The molecule has 0 bridgehead atoms. The van der Waals surface area contributed by atoms with Crippen molar-refractivity contribution in [2.24, 2.45) is 10.9 Å². The fourth-order valence-corrected chi connectivity index (χ4v) is 3.43. The van der Waals surface area contributed by atoms with Crippen molar-refractivity contribution in [3.8, 4) is 5.75 Å². The molecule has 1 atom stereocenters. The summed E-state index contributed by atoms with van der Waals surface area (Å²) in [6.07, 6.45) is 3.87. The van der Waals surface area contributed by atoms with Gasteiger partial charge in [-0.3, -0.25) is 9.98 Å². The van der Waals surface area contributed by atoms with E-state index in [-0.39, 0.29) is 0 Å². The van der Waals surface area contributed by atoms with Crippen LogP contribution in [0.15, 0.2) is 53.7 Å². The third-order valence-corrected chi connectivity index (χ3v) is 4.89. The number of methoxy groups -OCH3 is 1. The number of guanidine groups is 1. The van der Waals surface area contributed by atoms with Gasteiger partial charge in [-0.15, -0.1) is 0 Å². The molecular formula is C21H29N5O. The van der Waals surface area contributed by atoms with Crippen molar-refractivity contribution in [1.82, 2.24) is 15.6 Å². The summed E-state index contributed by atoms with van der Waals surface area (Å²) in [5.41, 5.74) is 2.27. The first-order valence-electron chi connectivity index (χ1n) is 9.52. The molecule has 2 heterocycles. The molecule has 0 aliphatic carbocycles. The van der Waals surface area contributed by atoms with Crippen LogP contribution in [-0.4, -0.2) is 51.3 Å². The van der Waals surface area contributed by atoms with Gasteiger partial charge in [-0.2, -0.15) is 0 Å². The monoisotopic (exact) mass is 367 g/mol. The van der Waals surface area contributed by atoms with E-state index >= 15 is 0 Å². The molecule has 1 aromatic carbocycles. The third kappa shape index (κ3) is 5.36. The zero-order valence-electron chi connectivity index (χ0n) is 16.2. The van der Waals surface area contributed by atoms with Crippen LogP contribution in [0, 0.1) is 5.92 Å². The molecule has 0 spiro atoms. The van der Waals surface area contributed by atoms with Crippen molar-refractivity contribution in [1.29, 1.82) is 0 Å². The van der Waals surface area contributed by atoms with Crippen LogP contribution in [0.2, 0.25) is 0 Å². The Morgan fingerprint density at radius 2 is 2.07 bits per heavy atom. The second-order valence-corrected chi connectivity index (χ2v) is 6.72. The molecule has 27 heavy (non-hydrogen) atoms. The van der Waals surface area contributed by atoms with Crippen LogP contribution in [-0.2, 0) is 6.42 Å². The molecule has 0 amide bonds. The van der Waals surface area contributed by atoms with E-state index in [9.17, 15) is 0 Å². The van der Waals surface area contributed by atoms with E-state index in [4.69, 9.17) is 4.74 Å². The van der Waals surface area contributed by atoms with Crippen LogP contribution in [0.25, 0.3) is 0 Å². The number of aliphatic imine (C=N–C) groups is 1. The molecule has 1 unspecified atom stereocenters. The average molecular weight is 367 g/mol. The van der Waals surface area contributed by atoms with E-state index in [1.165, 1.54) is 5.69 Å². The first-order valence-corrected chi connectivity index (χ1v) is 9.52. The van der Waals surface area contributed by atoms with Crippen LogP contribution < -0.4 is 20.3 Å². The van der Waals surface area contributed by atoms with Gasteiger partial charge in [-0.25, -0.2) is 0 Å². The Kier molecular flexibility index (Phi) is 6.90. The van der Waals surface area contributed by atoms with Crippen molar-refractivity contribution in [3.63, 3.8) is 0 Å². The lowest BCUT2D eigenvalue weighted by Crippen LogP contribution is -2.41. The minimum absolute atomic E-state index is 0.587. The lowest BCUT2D eigenvalue weighted by atomic mass is 10.1. The quantitative estimate of drug-likeness (QED) is 0.581. The number of para-hydroxylation sites is 2. The number of nitrogens with zero attached hydrogens (tertiary/aromatic N) is 3. The number of anilines is 1. The highest BCUT2D eigenvalue weighted by Crippen LogP contribution is 2.31. The Labute approximate surface area is 161 Å². The number of pyridine rings is 1. The lowest BCUT2D eigenvalue weighted by Gasteiger charge is -2.21. The van der Waals surface area contributed by atoms with Gasteiger partial charge in [0.25, 0.3) is 0 Å². The average Bonchev–Trinajstić information content (AvgIpc) is 3.20. The van der Waals surface area contributed by atoms with Gasteiger partial charge in [0, 0.05) is 51.5 Å². The highest BCUT2D eigenvalue weighted by molar-refractivity contribution is 5.79. The first-order chi connectivity index (χ1) is 13.3. The molecule has 2 aromatic rings. The molecule has 0 radical (unpaired) electrons. The molecule has 144 valence electrons. The highest BCUT2D eigenvalue weighted by atomic mass is 16.5. The molecular weight excluding hydrogens is 338 g/mol. The van der Waals surface area contributed by atoms with Gasteiger partial charge in [0.1, 0.15) is 5.75 Å². The maximum Gasteiger partial charge on any atom is 0.190 e. The van der Waals surface area contributed by atoms with Crippen LogP contribution in [0.1, 0.15) is 12.1 Å². The van der Waals surface area contributed by atoms with Crippen molar-refractivity contribution in [2.45, 2.75) is 12.8 Å². The fraction of sp³-hybridized carbons (Fsp3) is 0.429. The molecule has 6 heteroatoms. The maximum absolute atomic E-state index is 5.50. The van der Waals surface area contributed by atoms with Crippen molar-refractivity contribution < 1.29 is 4.74 Å². The molecule has 1 fully saturated rings. The van der Waals surface area contributed by atoms with Crippen molar-refractivity contribution >= 4 is 11.6 Å². The second-order valence-electron chi connectivity index (χ2n) is 6.72. The SMILES string of the molecule is CN=C(NCCc1ccccn1)NCC1CCN(c2ccccc2OC)C1. The smallest absolute Gasteiger partial charge is 0.190 e. The number of ether oxygens (including phenoxy) is 1. The Bertz CT molecular complexity index is 734. The Morgan fingerprint density at radius 3 is 2.85 bits per heavy atom. The number of benzene rings is 1. The van der Waals surface area contributed by atoms with Gasteiger partial charge in [-0.1, -0.05) is 18.2 Å². The molecule has 1 aliphatic heterocycles. The number of aromatic nitrogens is 1. The normalized spacial score (nSPS) is 17.0. The van der Waals surface area contributed by atoms with Crippen molar-refractivity contribution in [3.05, 3.63) is 54.4 Å². The highest BCUT2D eigenvalue weighted by Gasteiger charge is 2.24. The van der Waals surface area contributed by atoms with Gasteiger partial charge < -0.3 is 20.3 Å². The second kappa shape index (κ2) is 9.80. The minimum Gasteiger partial charge on any atom is -0.495 e. The number of rotatable bonds is 7. The standard InChI is InChI=1S/C21H29N5O/c1-22-21(24-13-10-18-7-5-6-12-23-18)25-15-17-11-14-26(16-17)19-8-3-4-9-20(19)27-2/h3-9,12,17H,10-11,13-16H2,1-2H3,(H2,22,24,25). The van der Waals surface area contributed by atoms with Gasteiger partial charge in [0.05, 0.1) is 12.8 Å².